The maximum Gasteiger partial charge on any atom is 0.250 e. The Labute approximate surface area is 50.5 Å². The molecule has 8 heavy (non-hydrogen) atoms. The summed E-state index contributed by atoms with van der Waals surface area (Å²) >= 11 is 1.24. The van der Waals surface area contributed by atoms with Crippen molar-refractivity contribution in [2.45, 2.75) is 0 Å². The van der Waals surface area contributed by atoms with Gasteiger partial charge in [-0.3, -0.25) is 4.79 Å². The van der Waals surface area contributed by atoms with Crippen molar-refractivity contribution in [1.29, 1.82) is 0 Å². The topological polar surface area (TPSA) is 67.5 Å². The van der Waals surface area contributed by atoms with E-state index in [9.17, 15) is 4.79 Å². The van der Waals surface area contributed by atoms with E-state index in [1.807, 2.05) is 0 Å². The molecule has 0 bridgehead atoms. The highest BCUT2D eigenvalue weighted by Gasteiger charge is 2.07. The standard InChI is InChI=1S/C3H5N3OS/c4-3-6-5-2(7)1-8-3/h1H2,(H2,4,6)(H,5,7). The average molecular weight is 131 g/mol. The number of nitrogens with two attached hydrogens (primary N) is 1. The number of hydrogen-bond acceptors (Lipinski definition) is 4. The number of thioether (sulfide) groups is 1. The molecule has 0 saturated heterocycles. The van der Waals surface area contributed by atoms with Gasteiger partial charge in [0.2, 0.25) is 0 Å². The number of nitrogens with one attached hydrogen (secondary N) is 1. The first kappa shape index (κ1) is 5.43. The molecule has 1 aliphatic rings. The second kappa shape index (κ2) is 2.04. The van der Waals surface area contributed by atoms with E-state index in [1.165, 1.54) is 11.8 Å². The summed E-state index contributed by atoms with van der Waals surface area (Å²) in [6.45, 7) is 0. The summed E-state index contributed by atoms with van der Waals surface area (Å²) < 4.78 is 0. The van der Waals surface area contributed by atoms with Crippen LogP contribution in [0.5, 0.6) is 0 Å². The van der Waals surface area contributed by atoms with Gasteiger partial charge in [0.15, 0.2) is 5.17 Å². The third-order valence-electron chi connectivity index (χ3n) is 0.642. The highest BCUT2D eigenvalue weighted by Crippen LogP contribution is 2.01. The summed E-state index contributed by atoms with van der Waals surface area (Å²) in [6.07, 6.45) is 0. The van der Waals surface area contributed by atoms with Gasteiger partial charge in [-0.2, -0.15) is 0 Å². The molecular formula is C3H5N3OS. The lowest BCUT2D eigenvalue weighted by Gasteiger charge is -2.05. The molecule has 0 unspecified atom stereocenters. The molecule has 0 atom stereocenters. The van der Waals surface area contributed by atoms with Crippen LogP contribution in [0.15, 0.2) is 5.10 Å². The Kier molecular flexibility index (Phi) is 1.38. The van der Waals surface area contributed by atoms with Gasteiger partial charge in [-0.15, -0.1) is 5.10 Å². The van der Waals surface area contributed by atoms with Crippen LogP contribution in [-0.4, -0.2) is 16.8 Å². The van der Waals surface area contributed by atoms with Gasteiger partial charge in [-0.1, -0.05) is 11.8 Å². The zero-order valence-electron chi connectivity index (χ0n) is 4.05. The van der Waals surface area contributed by atoms with Crippen LogP contribution in [0.25, 0.3) is 0 Å². The fourth-order valence-corrected chi connectivity index (χ4v) is 0.775. The molecule has 0 aromatic rings. The molecule has 1 amide bonds. The molecule has 0 radical (unpaired) electrons. The first-order chi connectivity index (χ1) is 3.79. The fourth-order valence-electron chi connectivity index (χ4n) is 0.321. The zero-order chi connectivity index (χ0) is 5.98. The van der Waals surface area contributed by atoms with E-state index in [0.29, 0.717) is 10.9 Å². The molecule has 0 spiro atoms. The van der Waals surface area contributed by atoms with E-state index >= 15 is 0 Å². The van der Waals surface area contributed by atoms with Gasteiger partial charge in [-0.25, -0.2) is 5.43 Å². The highest BCUT2D eigenvalue weighted by molar-refractivity contribution is 8.14. The summed E-state index contributed by atoms with van der Waals surface area (Å²) in [6, 6.07) is 0. The van der Waals surface area contributed by atoms with Crippen molar-refractivity contribution in [3.05, 3.63) is 0 Å². The summed E-state index contributed by atoms with van der Waals surface area (Å²) in [4.78, 5) is 10.3. The lowest BCUT2D eigenvalue weighted by Crippen LogP contribution is -2.29. The third kappa shape index (κ3) is 1.13. The highest BCUT2D eigenvalue weighted by atomic mass is 32.2. The van der Waals surface area contributed by atoms with Crippen LogP contribution < -0.4 is 11.2 Å². The molecule has 44 valence electrons. The minimum atomic E-state index is -0.0933. The zero-order valence-corrected chi connectivity index (χ0v) is 4.86. The van der Waals surface area contributed by atoms with Gasteiger partial charge in [-0.05, 0) is 0 Å². The molecule has 0 saturated carbocycles. The minimum Gasteiger partial charge on any atom is -0.377 e. The Morgan fingerprint density at radius 2 is 2.62 bits per heavy atom. The number of carbonyl (C=O) groups is 1. The van der Waals surface area contributed by atoms with E-state index in [0.717, 1.165) is 0 Å². The molecule has 1 heterocycles. The summed E-state index contributed by atoms with van der Waals surface area (Å²) in [5.74, 6) is 0.291. The normalized spacial score (nSPS) is 19.5. The lowest BCUT2D eigenvalue weighted by atomic mass is 10.7. The molecule has 1 rings (SSSR count). The van der Waals surface area contributed by atoms with Crippen molar-refractivity contribution >= 4 is 22.8 Å². The second-order valence-corrected chi connectivity index (χ2v) is 2.27. The van der Waals surface area contributed by atoms with Gasteiger partial charge in [0.05, 0.1) is 5.75 Å². The lowest BCUT2D eigenvalue weighted by molar-refractivity contribution is -0.118. The van der Waals surface area contributed by atoms with Crippen LogP contribution in [0.4, 0.5) is 0 Å². The molecule has 0 fully saturated rings. The first-order valence-electron chi connectivity index (χ1n) is 2.04. The monoisotopic (exact) mass is 131 g/mol. The van der Waals surface area contributed by atoms with E-state index in [1.54, 1.807) is 0 Å². The Hall–Kier alpha value is -0.710. The SMILES string of the molecule is NC1=NNC(=O)CS1. The number of nitrogens with zero attached hydrogens (tertiary/aromatic N) is 1. The van der Waals surface area contributed by atoms with Crippen molar-refractivity contribution in [2.75, 3.05) is 5.75 Å². The minimum absolute atomic E-state index is 0.0933. The van der Waals surface area contributed by atoms with Crippen molar-refractivity contribution in [3.8, 4) is 0 Å². The number of rotatable bonds is 0. The summed E-state index contributed by atoms with van der Waals surface area (Å²) in [7, 11) is 0. The number of amidine groups is 1. The number of amides is 1. The maximum absolute atomic E-state index is 10.3. The number of hydrogen-bond donors (Lipinski definition) is 2. The molecule has 0 aromatic carbocycles. The Balaban J connectivity index is 2.55. The molecule has 0 aliphatic carbocycles. The van der Waals surface area contributed by atoms with Crippen molar-refractivity contribution in [2.24, 2.45) is 10.8 Å². The van der Waals surface area contributed by atoms with Gasteiger partial charge in [0.1, 0.15) is 0 Å². The maximum atomic E-state index is 10.3. The summed E-state index contributed by atoms with van der Waals surface area (Å²) in [5, 5.41) is 3.89. The second-order valence-electron chi connectivity index (χ2n) is 1.27. The van der Waals surface area contributed by atoms with Crippen molar-refractivity contribution < 1.29 is 4.79 Å². The molecular weight excluding hydrogens is 126 g/mol. The van der Waals surface area contributed by atoms with Crippen molar-refractivity contribution in [1.82, 2.24) is 5.43 Å². The molecule has 5 heteroatoms. The number of carbonyl (C=O) groups excluding carboxylic acids is 1. The summed E-state index contributed by atoms with van der Waals surface area (Å²) in [5.41, 5.74) is 7.43. The Morgan fingerprint density at radius 3 is 3.00 bits per heavy atom. The van der Waals surface area contributed by atoms with Crippen LogP contribution in [0.2, 0.25) is 0 Å². The van der Waals surface area contributed by atoms with Crippen LogP contribution in [0.3, 0.4) is 0 Å². The van der Waals surface area contributed by atoms with Gasteiger partial charge in [0, 0.05) is 0 Å². The van der Waals surface area contributed by atoms with Gasteiger partial charge >= 0.3 is 0 Å². The van der Waals surface area contributed by atoms with E-state index in [4.69, 9.17) is 5.73 Å². The van der Waals surface area contributed by atoms with Crippen LogP contribution in [0, 0.1) is 0 Å². The predicted molar refractivity (Wildman–Crippen MR) is 32.2 cm³/mol. The molecule has 3 N–H and O–H groups in total. The average Bonchev–Trinajstić information content (AvgIpc) is 1.77. The third-order valence-corrected chi connectivity index (χ3v) is 1.44. The Morgan fingerprint density at radius 1 is 1.88 bits per heavy atom. The quantitative estimate of drug-likeness (QED) is 0.446. The van der Waals surface area contributed by atoms with Crippen molar-refractivity contribution in [3.63, 3.8) is 0 Å². The largest absolute Gasteiger partial charge is 0.377 e. The number of hydrazone groups is 1. The van der Waals surface area contributed by atoms with Gasteiger partial charge in [0.25, 0.3) is 5.91 Å². The molecule has 0 aromatic heterocycles. The van der Waals surface area contributed by atoms with Gasteiger partial charge < -0.3 is 5.73 Å². The first-order valence-corrected chi connectivity index (χ1v) is 3.02. The smallest absolute Gasteiger partial charge is 0.250 e. The van der Waals surface area contributed by atoms with E-state index < -0.39 is 0 Å². The van der Waals surface area contributed by atoms with E-state index in [2.05, 4.69) is 10.5 Å². The van der Waals surface area contributed by atoms with Crippen LogP contribution in [0.1, 0.15) is 0 Å². The Bertz CT molecular complexity index is 143. The molecule has 4 nitrogen and oxygen atoms in total. The fraction of sp³-hybridized carbons (Fsp3) is 0.333. The predicted octanol–water partition coefficient (Wildman–Crippen LogP) is -0.921. The van der Waals surface area contributed by atoms with Crippen LogP contribution >= 0.6 is 11.8 Å². The molecule has 1 aliphatic heterocycles. The van der Waals surface area contributed by atoms with E-state index in [-0.39, 0.29) is 5.91 Å². The van der Waals surface area contributed by atoms with Crippen LogP contribution in [-0.2, 0) is 4.79 Å².